The predicted octanol–water partition coefficient (Wildman–Crippen LogP) is 3.73. The Morgan fingerprint density at radius 2 is 1.59 bits per heavy atom. The van der Waals surface area contributed by atoms with E-state index in [1.807, 2.05) is 0 Å². The molecule has 0 aromatic heterocycles. The minimum absolute atomic E-state index is 0.138. The van der Waals surface area contributed by atoms with Crippen LogP contribution in [0.1, 0.15) is 38.5 Å². The molecule has 5 rings (SSSR count). The molecule has 1 aromatic carbocycles. The van der Waals surface area contributed by atoms with Crippen molar-refractivity contribution in [1.82, 2.24) is 5.32 Å². The number of anilines is 1. The van der Waals surface area contributed by atoms with Crippen molar-refractivity contribution in [2.45, 2.75) is 38.5 Å². The van der Waals surface area contributed by atoms with Gasteiger partial charge in [0.2, 0.25) is 0 Å². The number of nitrogens with one attached hydrogen (secondary N) is 2. The van der Waals surface area contributed by atoms with E-state index in [4.69, 9.17) is 0 Å². The molecule has 4 aliphatic rings. The standard InChI is InChI=1S/C18H24N2O2/c21-16-3-1-15(2-4-16)20-17(22)19-11-18-8-12-5-13(9-18)7-14(6-12)10-18/h1-4,12-14,21H,5-11H2,(H2,19,20,22). The fourth-order valence-corrected chi connectivity index (χ4v) is 5.49. The summed E-state index contributed by atoms with van der Waals surface area (Å²) in [7, 11) is 0. The molecule has 4 nitrogen and oxygen atoms in total. The number of rotatable bonds is 3. The summed E-state index contributed by atoms with van der Waals surface area (Å²) in [6.45, 7) is 0.806. The van der Waals surface area contributed by atoms with Crippen molar-refractivity contribution in [1.29, 1.82) is 0 Å². The van der Waals surface area contributed by atoms with E-state index in [0.29, 0.717) is 11.1 Å². The van der Waals surface area contributed by atoms with E-state index in [0.717, 1.165) is 24.3 Å². The lowest BCUT2D eigenvalue weighted by molar-refractivity contribution is -0.0496. The molecule has 0 aliphatic heterocycles. The van der Waals surface area contributed by atoms with Gasteiger partial charge >= 0.3 is 6.03 Å². The Balaban J connectivity index is 1.34. The third-order valence-electron chi connectivity index (χ3n) is 5.91. The van der Waals surface area contributed by atoms with Crippen molar-refractivity contribution in [2.75, 3.05) is 11.9 Å². The van der Waals surface area contributed by atoms with E-state index < -0.39 is 0 Å². The van der Waals surface area contributed by atoms with Crippen LogP contribution in [0.4, 0.5) is 10.5 Å². The van der Waals surface area contributed by atoms with E-state index in [-0.39, 0.29) is 11.8 Å². The van der Waals surface area contributed by atoms with Crippen molar-refractivity contribution in [2.24, 2.45) is 23.2 Å². The molecule has 0 spiro atoms. The molecule has 1 aromatic rings. The SMILES string of the molecule is O=C(NCC12CC3CC(CC(C3)C1)C2)Nc1ccc(O)cc1. The predicted molar refractivity (Wildman–Crippen MR) is 85.7 cm³/mol. The lowest BCUT2D eigenvalue weighted by Crippen LogP contribution is -2.51. The van der Waals surface area contributed by atoms with Crippen LogP contribution in [0.2, 0.25) is 0 Å². The lowest BCUT2D eigenvalue weighted by atomic mass is 9.49. The first-order chi connectivity index (χ1) is 10.6. The second kappa shape index (κ2) is 5.18. The van der Waals surface area contributed by atoms with Gasteiger partial charge in [-0.15, -0.1) is 0 Å². The van der Waals surface area contributed by atoms with Crippen molar-refractivity contribution in [3.63, 3.8) is 0 Å². The molecule has 3 N–H and O–H groups in total. The Morgan fingerprint density at radius 3 is 2.14 bits per heavy atom. The molecule has 4 heteroatoms. The summed E-state index contributed by atoms with van der Waals surface area (Å²) in [5, 5.41) is 15.2. The Hall–Kier alpha value is -1.71. The summed E-state index contributed by atoms with van der Waals surface area (Å²) in [5.74, 6) is 2.94. The number of urea groups is 1. The minimum atomic E-state index is -0.138. The number of carbonyl (C=O) groups excluding carboxylic acids is 1. The zero-order chi connectivity index (χ0) is 15.2. The van der Waals surface area contributed by atoms with Gasteiger partial charge in [0.15, 0.2) is 0 Å². The highest BCUT2D eigenvalue weighted by Crippen LogP contribution is 2.59. The van der Waals surface area contributed by atoms with Crippen LogP contribution in [0, 0.1) is 23.2 Å². The number of phenolic OH excluding ortho intramolecular Hbond substituents is 1. The van der Waals surface area contributed by atoms with Crippen LogP contribution in [-0.4, -0.2) is 17.7 Å². The average Bonchev–Trinajstić information content (AvgIpc) is 2.46. The molecule has 0 saturated heterocycles. The summed E-state index contributed by atoms with van der Waals surface area (Å²) in [4.78, 5) is 12.1. The van der Waals surface area contributed by atoms with Gasteiger partial charge in [0.1, 0.15) is 5.75 Å². The van der Waals surface area contributed by atoms with Gasteiger partial charge in [-0.05, 0) is 86.0 Å². The number of phenols is 1. The van der Waals surface area contributed by atoms with Crippen molar-refractivity contribution >= 4 is 11.7 Å². The number of hydrogen-bond donors (Lipinski definition) is 3. The summed E-state index contributed by atoms with van der Waals surface area (Å²) < 4.78 is 0. The van der Waals surface area contributed by atoms with E-state index in [1.54, 1.807) is 24.3 Å². The van der Waals surface area contributed by atoms with Crippen LogP contribution in [-0.2, 0) is 0 Å². The van der Waals surface area contributed by atoms with Gasteiger partial charge in [-0.3, -0.25) is 0 Å². The third-order valence-corrected chi connectivity index (χ3v) is 5.91. The molecule has 118 valence electrons. The summed E-state index contributed by atoms with van der Waals surface area (Å²) in [6.07, 6.45) is 8.20. The van der Waals surface area contributed by atoms with E-state index in [1.165, 1.54) is 38.5 Å². The van der Waals surface area contributed by atoms with Crippen LogP contribution < -0.4 is 10.6 Å². The van der Waals surface area contributed by atoms with Crippen LogP contribution in [0.5, 0.6) is 5.75 Å². The molecule has 0 atom stereocenters. The molecule has 22 heavy (non-hydrogen) atoms. The molecule has 2 amide bonds. The van der Waals surface area contributed by atoms with Gasteiger partial charge in [0.05, 0.1) is 0 Å². The first-order valence-electron chi connectivity index (χ1n) is 8.44. The van der Waals surface area contributed by atoms with Crippen LogP contribution in [0.15, 0.2) is 24.3 Å². The monoisotopic (exact) mass is 300 g/mol. The number of amides is 2. The van der Waals surface area contributed by atoms with Crippen LogP contribution >= 0.6 is 0 Å². The molecule has 4 bridgehead atoms. The molecule has 0 radical (unpaired) electrons. The minimum Gasteiger partial charge on any atom is -0.508 e. The van der Waals surface area contributed by atoms with Crippen molar-refractivity contribution in [3.8, 4) is 5.75 Å². The fourth-order valence-electron chi connectivity index (χ4n) is 5.49. The molecule has 0 heterocycles. The summed E-state index contributed by atoms with van der Waals surface area (Å²) in [5.41, 5.74) is 1.07. The van der Waals surface area contributed by atoms with Gasteiger partial charge in [-0.2, -0.15) is 0 Å². The van der Waals surface area contributed by atoms with Gasteiger partial charge in [-0.1, -0.05) is 0 Å². The zero-order valence-corrected chi connectivity index (χ0v) is 12.8. The first-order valence-corrected chi connectivity index (χ1v) is 8.44. The Morgan fingerprint density at radius 1 is 1.05 bits per heavy atom. The smallest absolute Gasteiger partial charge is 0.319 e. The highest BCUT2D eigenvalue weighted by molar-refractivity contribution is 5.89. The van der Waals surface area contributed by atoms with Crippen molar-refractivity contribution in [3.05, 3.63) is 24.3 Å². The molecular weight excluding hydrogens is 276 g/mol. The first kappa shape index (κ1) is 13.9. The average molecular weight is 300 g/mol. The van der Waals surface area contributed by atoms with Crippen molar-refractivity contribution < 1.29 is 9.90 Å². The Kier molecular flexibility index (Phi) is 3.28. The van der Waals surface area contributed by atoms with Gasteiger partial charge in [0, 0.05) is 12.2 Å². The van der Waals surface area contributed by atoms with Gasteiger partial charge in [-0.25, -0.2) is 4.79 Å². The van der Waals surface area contributed by atoms with E-state index >= 15 is 0 Å². The quantitative estimate of drug-likeness (QED) is 0.745. The molecule has 4 aliphatic carbocycles. The number of hydrogen-bond acceptors (Lipinski definition) is 2. The summed E-state index contributed by atoms with van der Waals surface area (Å²) in [6, 6.07) is 6.43. The third kappa shape index (κ3) is 2.67. The maximum atomic E-state index is 12.1. The Bertz CT molecular complexity index is 532. The lowest BCUT2D eigenvalue weighted by Gasteiger charge is -2.56. The highest BCUT2D eigenvalue weighted by atomic mass is 16.3. The molecular formula is C18H24N2O2. The topological polar surface area (TPSA) is 61.4 Å². The maximum absolute atomic E-state index is 12.1. The van der Waals surface area contributed by atoms with E-state index in [2.05, 4.69) is 10.6 Å². The molecule has 4 fully saturated rings. The largest absolute Gasteiger partial charge is 0.508 e. The Labute approximate surface area is 131 Å². The molecule has 0 unspecified atom stereocenters. The second-order valence-electron chi connectivity index (χ2n) is 7.77. The zero-order valence-electron chi connectivity index (χ0n) is 12.8. The normalized spacial score (nSPS) is 35.4. The number of carbonyl (C=O) groups is 1. The number of benzene rings is 1. The van der Waals surface area contributed by atoms with Crippen LogP contribution in [0.3, 0.4) is 0 Å². The number of aromatic hydroxyl groups is 1. The molecule has 4 saturated carbocycles. The van der Waals surface area contributed by atoms with Crippen LogP contribution in [0.25, 0.3) is 0 Å². The maximum Gasteiger partial charge on any atom is 0.319 e. The second-order valence-corrected chi connectivity index (χ2v) is 7.77. The highest BCUT2D eigenvalue weighted by Gasteiger charge is 2.50. The summed E-state index contributed by atoms with van der Waals surface area (Å²) >= 11 is 0. The van der Waals surface area contributed by atoms with Gasteiger partial charge in [0.25, 0.3) is 0 Å². The van der Waals surface area contributed by atoms with Gasteiger partial charge < -0.3 is 15.7 Å². The fraction of sp³-hybridized carbons (Fsp3) is 0.611. The van der Waals surface area contributed by atoms with E-state index in [9.17, 15) is 9.90 Å².